The van der Waals surface area contributed by atoms with Crippen LogP contribution in [0.5, 0.6) is 11.5 Å². The van der Waals surface area contributed by atoms with Crippen molar-refractivity contribution in [3.8, 4) is 11.5 Å². The number of aromatic nitrogens is 4. The fraction of sp³-hybridized carbons (Fsp3) is 0.429. The number of tetrazole rings is 1. The van der Waals surface area contributed by atoms with E-state index in [2.05, 4.69) is 15.5 Å². The van der Waals surface area contributed by atoms with Gasteiger partial charge < -0.3 is 19.4 Å². The summed E-state index contributed by atoms with van der Waals surface area (Å²) in [5.74, 6) is -0.0882. The molecule has 2 rings (SSSR count). The average molecular weight is 305 g/mol. The third kappa shape index (κ3) is 3.72. The Labute approximate surface area is 127 Å². The lowest BCUT2D eigenvalue weighted by Crippen LogP contribution is -2.27. The van der Waals surface area contributed by atoms with E-state index in [0.29, 0.717) is 17.1 Å². The summed E-state index contributed by atoms with van der Waals surface area (Å²) in [6, 6.07) is 4.63. The first-order valence-electron chi connectivity index (χ1n) is 6.78. The summed E-state index contributed by atoms with van der Waals surface area (Å²) in [5, 5.41) is 21.8. The summed E-state index contributed by atoms with van der Waals surface area (Å²) in [5.41, 5.74) is 0.685. The molecular formula is C14H17N4O4-. The van der Waals surface area contributed by atoms with E-state index < -0.39 is 12.0 Å². The highest BCUT2D eigenvalue weighted by molar-refractivity contribution is 5.65. The van der Waals surface area contributed by atoms with Crippen LogP contribution in [0.1, 0.15) is 31.9 Å². The number of carbonyl (C=O) groups excluding carboxylic acids is 1. The number of aliphatic carboxylic acids is 1. The van der Waals surface area contributed by atoms with Gasteiger partial charge in [-0.1, -0.05) is 6.07 Å². The third-order valence-corrected chi connectivity index (χ3v) is 2.98. The standard InChI is InChI=1S/C14H18N4O4/c1-9(2)22-12-5-4-10(6-13(12)21-3)11(7-14(19)20)18-8-15-16-17-18/h4-6,8-9,11H,7H2,1-3H3,(H,19,20)/p-1/t11-/m1/s1. The molecule has 22 heavy (non-hydrogen) atoms. The van der Waals surface area contributed by atoms with E-state index in [1.165, 1.54) is 18.1 Å². The normalized spacial score (nSPS) is 12.2. The van der Waals surface area contributed by atoms with E-state index in [1.807, 2.05) is 13.8 Å². The van der Waals surface area contributed by atoms with Gasteiger partial charge in [-0.15, -0.1) is 5.10 Å². The van der Waals surface area contributed by atoms with Crippen molar-refractivity contribution in [1.29, 1.82) is 0 Å². The van der Waals surface area contributed by atoms with E-state index in [4.69, 9.17) is 9.47 Å². The van der Waals surface area contributed by atoms with Gasteiger partial charge in [0.05, 0.1) is 19.3 Å². The first-order valence-corrected chi connectivity index (χ1v) is 6.78. The molecule has 8 nitrogen and oxygen atoms in total. The molecule has 0 unspecified atom stereocenters. The lowest BCUT2D eigenvalue weighted by Gasteiger charge is -2.20. The molecule has 8 heteroatoms. The van der Waals surface area contributed by atoms with Gasteiger partial charge in [0.25, 0.3) is 0 Å². The number of hydrogen-bond donors (Lipinski definition) is 0. The monoisotopic (exact) mass is 305 g/mol. The van der Waals surface area contributed by atoms with Crippen molar-refractivity contribution in [2.75, 3.05) is 7.11 Å². The molecule has 0 bridgehead atoms. The van der Waals surface area contributed by atoms with Gasteiger partial charge in [-0.25, -0.2) is 4.68 Å². The fourth-order valence-corrected chi connectivity index (χ4v) is 2.08. The van der Waals surface area contributed by atoms with Crippen LogP contribution in [-0.2, 0) is 4.79 Å². The summed E-state index contributed by atoms with van der Waals surface area (Å²) in [4.78, 5) is 11.0. The Hall–Kier alpha value is -2.64. The summed E-state index contributed by atoms with van der Waals surface area (Å²) >= 11 is 0. The summed E-state index contributed by atoms with van der Waals surface area (Å²) < 4.78 is 12.3. The molecule has 0 saturated carbocycles. The van der Waals surface area contributed by atoms with Crippen molar-refractivity contribution in [3.63, 3.8) is 0 Å². The molecule has 0 spiro atoms. The van der Waals surface area contributed by atoms with E-state index in [0.717, 1.165) is 0 Å². The largest absolute Gasteiger partial charge is 0.550 e. The number of rotatable bonds is 7. The molecule has 1 aromatic heterocycles. The lowest BCUT2D eigenvalue weighted by molar-refractivity contribution is -0.306. The second kappa shape index (κ2) is 6.88. The Morgan fingerprint density at radius 2 is 2.14 bits per heavy atom. The highest BCUT2D eigenvalue weighted by Crippen LogP contribution is 2.32. The molecule has 2 aromatic rings. The third-order valence-electron chi connectivity index (χ3n) is 2.98. The van der Waals surface area contributed by atoms with Crippen LogP contribution in [-0.4, -0.2) is 39.4 Å². The Kier molecular flexibility index (Phi) is 4.92. The van der Waals surface area contributed by atoms with Crippen molar-refractivity contribution >= 4 is 5.97 Å². The van der Waals surface area contributed by atoms with Crippen LogP contribution in [0.25, 0.3) is 0 Å². The van der Waals surface area contributed by atoms with Gasteiger partial charge in [0.1, 0.15) is 6.33 Å². The van der Waals surface area contributed by atoms with Gasteiger partial charge in [-0.3, -0.25) is 0 Å². The van der Waals surface area contributed by atoms with Gasteiger partial charge in [0.2, 0.25) is 0 Å². The maximum Gasteiger partial charge on any atom is 0.161 e. The number of carboxylic acids is 1. The molecule has 1 heterocycles. The summed E-state index contributed by atoms with van der Waals surface area (Å²) in [6.45, 7) is 3.82. The van der Waals surface area contributed by atoms with Crippen LogP contribution in [0.3, 0.4) is 0 Å². The molecule has 0 fully saturated rings. The van der Waals surface area contributed by atoms with E-state index in [-0.39, 0.29) is 12.5 Å². The molecular weight excluding hydrogens is 288 g/mol. The van der Waals surface area contributed by atoms with Crippen LogP contribution in [0.15, 0.2) is 24.5 Å². The number of carbonyl (C=O) groups is 1. The minimum Gasteiger partial charge on any atom is -0.550 e. The molecule has 0 radical (unpaired) electrons. The summed E-state index contributed by atoms with van der Waals surface area (Å²) in [7, 11) is 1.52. The maximum absolute atomic E-state index is 11.0. The van der Waals surface area contributed by atoms with Gasteiger partial charge in [0.15, 0.2) is 11.5 Å². The Bertz CT molecular complexity index is 628. The van der Waals surface area contributed by atoms with Crippen LogP contribution < -0.4 is 14.6 Å². The second-order valence-electron chi connectivity index (χ2n) is 4.96. The zero-order chi connectivity index (χ0) is 16.1. The van der Waals surface area contributed by atoms with Gasteiger partial charge >= 0.3 is 0 Å². The Balaban J connectivity index is 2.37. The van der Waals surface area contributed by atoms with Crippen molar-refractivity contribution < 1.29 is 19.4 Å². The van der Waals surface area contributed by atoms with Crippen molar-refractivity contribution in [2.24, 2.45) is 0 Å². The van der Waals surface area contributed by atoms with Gasteiger partial charge in [0, 0.05) is 12.4 Å². The molecule has 0 aliphatic heterocycles. The molecule has 118 valence electrons. The molecule has 0 saturated heterocycles. The maximum atomic E-state index is 11.0. The fourth-order valence-electron chi connectivity index (χ4n) is 2.08. The van der Waals surface area contributed by atoms with Crippen molar-refractivity contribution in [3.05, 3.63) is 30.1 Å². The van der Waals surface area contributed by atoms with E-state index in [1.54, 1.807) is 18.2 Å². The molecule has 1 aromatic carbocycles. The SMILES string of the molecule is COc1cc([C@@H](CC(=O)[O-])n2cnnn2)ccc1OC(C)C. The number of hydrogen-bond acceptors (Lipinski definition) is 7. The summed E-state index contributed by atoms with van der Waals surface area (Å²) in [6.07, 6.45) is 1.11. The lowest BCUT2D eigenvalue weighted by atomic mass is 10.0. The number of benzene rings is 1. The van der Waals surface area contributed by atoms with E-state index in [9.17, 15) is 9.90 Å². The van der Waals surface area contributed by atoms with Crippen LogP contribution in [0.2, 0.25) is 0 Å². The topological polar surface area (TPSA) is 102 Å². The second-order valence-corrected chi connectivity index (χ2v) is 4.96. The molecule has 1 atom stereocenters. The highest BCUT2D eigenvalue weighted by Gasteiger charge is 2.18. The Morgan fingerprint density at radius 3 is 2.68 bits per heavy atom. The van der Waals surface area contributed by atoms with Crippen molar-refractivity contribution in [1.82, 2.24) is 20.2 Å². The zero-order valence-electron chi connectivity index (χ0n) is 12.6. The number of ether oxygens (including phenoxy) is 2. The molecule has 0 aliphatic rings. The number of nitrogens with zero attached hydrogens (tertiary/aromatic N) is 4. The molecule has 0 amide bonds. The smallest absolute Gasteiger partial charge is 0.161 e. The number of carboxylic acid groups (broad SMARTS) is 1. The predicted molar refractivity (Wildman–Crippen MR) is 74.3 cm³/mol. The minimum absolute atomic E-state index is 0.00159. The van der Waals surface area contributed by atoms with Crippen LogP contribution in [0, 0.1) is 0 Å². The van der Waals surface area contributed by atoms with Gasteiger partial charge in [-0.05, 0) is 42.0 Å². The predicted octanol–water partition coefficient (Wildman–Crippen LogP) is 0.198. The first-order chi connectivity index (χ1) is 10.5. The molecule has 0 N–H and O–H groups in total. The molecule has 0 aliphatic carbocycles. The number of methoxy groups -OCH3 is 1. The van der Waals surface area contributed by atoms with Crippen molar-refractivity contribution in [2.45, 2.75) is 32.4 Å². The van der Waals surface area contributed by atoms with E-state index >= 15 is 0 Å². The van der Waals surface area contributed by atoms with Crippen LogP contribution >= 0.6 is 0 Å². The quantitative estimate of drug-likeness (QED) is 0.719. The highest BCUT2D eigenvalue weighted by atomic mass is 16.5. The first kappa shape index (κ1) is 15.7. The van der Waals surface area contributed by atoms with Gasteiger partial charge in [-0.2, -0.15) is 0 Å². The minimum atomic E-state index is -1.19. The zero-order valence-corrected chi connectivity index (χ0v) is 12.6. The average Bonchev–Trinajstić information content (AvgIpc) is 2.98. The van der Waals surface area contributed by atoms with Crippen LogP contribution in [0.4, 0.5) is 0 Å². The Morgan fingerprint density at radius 1 is 1.36 bits per heavy atom.